The summed E-state index contributed by atoms with van der Waals surface area (Å²) in [6, 6.07) is 5.48. The summed E-state index contributed by atoms with van der Waals surface area (Å²) in [5.41, 5.74) is 0.571. The van der Waals surface area contributed by atoms with Crippen LogP contribution in [0, 0.1) is 5.82 Å². The largest absolute Gasteiger partial charge is 0.278 e. The van der Waals surface area contributed by atoms with Crippen molar-refractivity contribution < 1.29 is 17.6 Å². The maximum absolute atomic E-state index is 12.9. The summed E-state index contributed by atoms with van der Waals surface area (Å²) >= 11 is 7.11. The van der Waals surface area contributed by atoms with Crippen molar-refractivity contribution in [3.05, 3.63) is 40.0 Å². The Hall–Kier alpha value is -1.44. The van der Waals surface area contributed by atoms with Gasteiger partial charge in [-0.3, -0.25) is 4.79 Å². The van der Waals surface area contributed by atoms with E-state index in [2.05, 4.69) is 0 Å². The third-order valence-electron chi connectivity index (χ3n) is 3.01. The van der Waals surface area contributed by atoms with E-state index < -0.39 is 21.7 Å². The summed E-state index contributed by atoms with van der Waals surface area (Å²) < 4.78 is 37.8. The minimum absolute atomic E-state index is 0.00862. The molecule has 0 saturated carbocycles. The van der Waals surface area contributed by atoms with Gasteiger partial charge in [0.2, 0.25) is 0 Å². The number of fused-ring (bicyclic) bond motifs is 1. The normalized spacial score (nSPS) is 16.6. The molecular formula is C12H7ClFNO3S2. The fourth-order valence-electron chi connectivity index (χ4n) is 1.94. The lowest BCUT2D eigenvalue weighted by Gasteiger charge is -2.08. The highest BCUT2D eigenvalue weighted by Gasteiger charge is 2.43. The molecule has 0 radical (unpaired) electrons. The van der Waals surface area contributed by atoms with E-state index in [0.717, 1.165) is 11.3 Å². The Kier molecular flexibility index (Phi) is 2.89. The van der Waals surface area contributed by atoms with Gasteiger partial charge in [0.15, 0.2) is 0 Å². The van der Waals surface area contributed by atoms with Crippen molar-refractivity contribution in [2.75, 3.05) is 7.05 Å². The summed E-state index contributed by atoms with van der Waals surface area (Å²) in [7, 11) is -2.68. The van der Waals surface area contributed by atoms with E-state index >= 15 is 0 Å². The van der Waals surface area contributed by atoms with Gasteiger partial charge in [-0.25, -0.2) is 17.1 Å². The Morgan fingerprint density at radius 2 is 1.80 bits per heavy atom. The van der Waals surface area contributed by atoms with Crippen molar-refractivity contribution in [2.45, 2.75) is 4.90 Å². The monoisotopic (exact) mass is 331 g/mol. The number of halogens is 2. The molecule has 0 atom stereocenters. The zero-order valence-corrected chi connectivity index (χ0v) is 12.4. The number of nitrogens with zero attached hydrogens (tertiary/aromatic N) is 1. The molecule has 104 valence electrons. The molecule has 2 heterocycles. The van der Waals surface area contributed by atoms with Gasteiger partial charge in [-0.1, -0.05) is 23.7 Å². The van der Waals surface area contributed by atoms with Crippen LogP contribution in [0.5, 0.6) is 0 Å². The molecule has 4 nitrogen and oxygen atoms in total. The van der Waals surface area contributed by atoms with Crippen LogP contribution in [-0.2, 0) is 10.0 Å². The smallest absolute Gasteiger partial charge is 0.267 e. The Morgan fingerprint density at radius 3 is 2.35 bits per heavy atom. The molecule has 0 saturated heterocycles. The van der Waals surface area contributed by atoms with Gasteiger partial charge in [0.1, 0.15) is 15.6 Å². The molecule has 1 aliphatic rings. The van der Waals surface area contributed by atoms with Crippen LogP contribution in [0.3, 0.4) is 0 Å². The summed E-state index contributed by atoms with van der Waals surface area (Å²) in [6.07, 6.45) is 0. The third kappa shape index (κ3) is 1.70. The van der Waals surface area contributed by atoms with Crippen LogP contribution in [0.25, 0.3) is 10.4 Å². The number of sulfonamides is 1. The number of rotatable bonds is 1. The lowest BCUT2D eigenvalue weighted by molar-refractivity contribution is 0.0896. The molecule has 1 amide bonds. The number of amides is 1. The lowest BCUT2D eigenvalue weighted by Crippen LogP contribution is -2.25. The number of carbonyl (C=O) groups excluding carboxylic acids is 1. The van der Waals surface area contributed by atoms with Crippen LogP contribution < -0.4 is 0 Å². The highest BCUT2D eigenvalue weighted by atomic mass is 35.5. The first-order valence-electron chi connectivity index (χ1n) is 5.45. The van der Waals surface area contributed by atoms with E-state index in [9.17, 15) is 17.6 Å². The van der Waals surface area contributed by atoms with Crippen LogP contribution in [-0.4, -0.2) is 25.7 Å². The highest BCUT2D eigenvalue weighted by Crippen LogP contribution is 2.47. The minimum Gasteiger partial charge on any atom is -0.267 e. The zero-order valence-electron chi connectivity index (χ0n) is 10.1. The van der Waals surface area contributed by atoms with Crippen molar-refractivity contribution >= 4 is 38.9 Å². The van der Waals surface area contributed by atoms with E-state index in [-0.39, 0.29) is 14.8 Å². The Bertz CT molecular complexity index is 827. The highest BCUT2D eigenvalue weighted by molar-refractivity contribution is 7.90. The van der Waals surface area contributed by atoms with Crippen molar-refractivity contribution in [1.29, 1.82) is 0 Å². The molecule has 0 fully saturated rings. The van der Waals surface area contributed by atoms with Crippen LogP contribution in [0.1, 0.15) is 9.67 Å². The maximum Gasteiger partial charge on any atom is 0.278 e. The number of benzene rings is 1. The lowest BCUT2D eigenvalue weighted by atomic mass is 10.2. The summed E-state index contributed by atoms with van der Waals surface area (Å²) in [6.45, 7) is 0. The second-order valence-corrected chi connectivity index (χ2v) is 7.49. The van der Waals surface area contributed by atoms with E-state index in [1.54, 1.807) is 0 Å². The van der Waals surface area contributed by atoms with Gasteiger partial charge in [0.05, 0.1) is 9.90 Å². The van der Waals surface area contributed by atoms with Crippen LogP contribution >= 0.6 is 22.9 Å². The second kappa shape index (κ2) is 4.28. The quantitative estimate of drug-likeness (QED) is 0.807. The number of hydrogen-bond donors (Lipinski definition) is 0. The van der Waals surface area contributed by atoms with Gasteiger partial charge < -0.3 is 0 Å². The average Bonchev–Trinajstić information content (AvgIpc) is 2.83. The van der Waals surface area contributed by atoms with Crippen LogP contribution in [0.15, 0.2) is 29.2 Å². The first kappa shape index (κ1) is 13.5. The molecule has 1 aromatic carbocycles. The van der Waals surface area contributed by atoms with Crippen LogP contribution in [0.4, 0.5) is 4.39 Å². The SMILES string of the molecule is CN1C(=O)c2sc(-c3ccc(F)cc3)c(Cl)c2S1(=O)=O. The van der Waals surface area contributed by atoms with E-state index in [0.29, 0.717) is 14.7 Å². The molecule has 20 heavy (non-hydrogen) atoms. The number of carbonyl (C=O) groups is 1. The Morgan fingerprint density at radius 1 is 1.20 bits per heavy atom. The minimum atomic E-state index is -3.87. The molecule has 0 N–H and O–H groups in total. The molecule has 0 bridgehead atoms. The van der Waals surface area contributed by atoms with Crippen molar-refractivity contribution in [3.8, 4) is 10.4 Å². The second-order valence-electron chi connectivity index (χ2n) is 4.19. The van der Waals surface area contributed by atoms with E-state index in [1.807, 2.05) is 0 Å². The standard InChI is InChI=1S/C12H7ClFNO3S2/c1-15-12(16)10-11(20(15,17)18)8(13)9(19-10)6-2-4-7(14)5-3-6/h2-5H,1H3. The van der Waals surface area contributed by atoms with Gasteiger partial charge in [-0.05, 0) is 17.7 Å². The molecule has 0 unspecified atom stereocenters. The molecule has 2 aromatic rings. The van der Waals surface area contributed by atoms with Gasteiger partial charge in [0, 0.05) is 7.05 Å². The number of hydrogen-bond acceptors (Lipinski definition) is 4. The van der Waals surface area contributed by atoms with Crippen molar-refractivity contribution in [1.82, 2.24) is 4.31 Å². The average molecular weight is 332 g/mol. The Labute approximate surface area is 123 Å². The molecule has 8 heteroatoms. The zero-order chi connectivity index (χ0) is 14.7. The predicted molar refractivity (Wildman–Crippen MR) is 74.0 cm³/mol. The first-order valence-corrected chi connectivity index (χ1v) is 8.09. The molecule has 1 aliphatic heterocycles. The van der Waals surface area contributed by atoms with E-state index in [4.69, 9.17) is 11.6 Å². The van der Waals surface area contributed by atoms with Gasteiger partial charge in [0.25, 0.3) is 15.9 Å². The summed E-state index contributed by atoms with van der Waals surface area (Å²) in [5.74, 6) is -1.00. The molecule has 0 aliphatic carbocycles. The molecular weight excluding hydrogens is 325 g/mol. The van der Waals surface area contributed by atoms with Gasteiger partial charge >= 0.3 is 0 Å². The van der Waals surface area contributed by atoms with Gasteiger partial charge in [-0.15, -0.1) is 11.3 Å². The fraction of sp³-hybridized carbons (Fsp3) is 0.0833. The van der Waals surface area contributed by atoms with Crippen molar-refractivity contribution in [2.24, 2.45) is 0 Å². The number of thiophene rings is 1. The van der Waals surface area contributed by atoms with E-state index in [1.165, 1.54) is 31.3 Å². The first-order chi connectivity index (χ1) is 9.34. The predicted octanol–water partition coefficient (Wildman–Crippen LogP) is 2.98. The summed E-state index contributed by atoms with van der Waals surface area (Å²) in [5, 5.41) is 0.00862. The fourth-order valence-corrected chi connectivity index (χ4v) is 5.48. The third-order valence-corrected chi connectivity index (χ3v) is 6.78. The topological polar surface area (TPSA) is 54.5 Å². The maximum atomic E-state index is 12.9. The van der Waals surface area contributed by atoms with Crippen LogP contribution in [0.2, 0.25) is 5.02 Å². The Balaban J connectivity index is 2.25. The molecule has 3 rings (SSSR count). The molecule has 0 spiro atoms. The van der Waals surface area contributed by atoms with Crippen molar-refractivity contribution in [3.63, 3.8) is 0 Å². The molecule has 1 aromatic heterocycles. The summed E-state index contributed by atoms with van der Waals surface area (Å²) in [4.78, 5) is 12.3. The van der Waals surface area contributed by atoms with Gasteiger partial charge in [-0.2, -0.15) is 0 Å².